The summed E-state index contributed by atoms with van der Waals surface area (Å²) in [5.74, 6) is 0.262. The highest BCUT2D eigenvalue weighted by atomic mass is 16.5. The number of ether oxygens (including phenoxy) is 2. The Hall–Kier alpha value is -2.62. The molecule has 0 aliphatic carbocycles. The van der Waals surface area contributed by atoms with Gasteiger partial charge in [0.05, 0.1) is 14.2 Å². The first-order chi connectivity index (χ1) is 11.1. The number of benzene rings is 2. The maximum absolute atomic E-state index is 12.8. The van der Waals surface area contributed by atoms with Crippen LogP contribution in [0.4, 0.5) is 0 Å². The van der Waals surface area contributed by atoms with Crippen molar-refractivity contribution in [2.45, 2.75) is 19.3 Å². The lowest BCUT2D eigenvalue weighted by Crippen LogP contribution is -2.21. The Morgan fingerprint density at radius 3 is 1.78 bits per heavy atom. The van der Waals surface area contributed by atoms with Crippen LogP contribution in [-0.2, 0) is 4.79 Å². The molecule has 0 bridgehead atoms. The van der Waals surface area contributed by atoms with Crippen molar-refractivity contribution < 1.29 is 19.1 Å². The van der Waals surface area contributed by atoms with Crippen LogP contribution in [0.3, 0.4) is 0 Å². The van der Waals surface area contributed by atoms with E-state index in [9.17, 15) is 9.59 Å². The van der Waals surface area contributed by atoms with Gasteiger partial charge >= 0.3 is 0 Å². The van der Waals surface area contributed by atoms with Gasteiger partial charge in [0.25, 0.3) is 0 Å². The molecule has 0 amide bonds. The van der Waals surface area contributed by atoms with Crippen molar-refractivity contribution in [2.75, 3.05) is 14.2 Å². The number of Topliss-reactive ketones (excluding diaryl/α,β-unsaturated/α-hetero) is 2. The molecule has 120 valence electrons. The Kier molecular flexibility index (Phi) is 5.52. The molecule has 0 fully saturated rings. The molecule has 1 unspecified atom stereocenters. The number of carbonyl (C=O) groups is 2. The summed E-state index contributed by atoms with van der Waals surface area (Å²) in [5.41, 5.74) is 1.17. The number of hydrogen-bond donors (Lipinski definition) is 0. The van der Waals surface area contributed by atoms with Gasteiger partial charge in [-0.1, -0.05) is 19.1 Å². The minimum atomic E-state index is -0.792. The fraction of sp³-hybridized carbons (Fsp3) is 0.263. The Balaban J connectivity index is 2.36. The average molecular weight is 312 g/mol. The molecule has 4 heteroatoms. The molecule has 1 atom stereocenters. The van der Waals surface area contributed by atoms with Crippen LogP contribution in [0.5, 0.6) is 11.5 Å². The third kappa shape index (κ3) is 3.77. The van der Waals surface area contributed by atoms with E-state index in [1.807, 2.05) is 0 Å². The van der Waals surface area contributed by atoms with Gasteiger partial charge in [-0.25, -0.2) is 0 Å². The van der Waals surface area contributed by atoms with E-state index in [0.717, 1.165) is 0 Å². The summed E-state index contributed by atoms with van der Waals surface area (Å²) >= 11 is 0. The summed E-state index contributed by atoms with van der Waals surface area (Å²) in [6.07, 6.45) is 0.304. The summed E-state index contributed by atoms with van der Waals surface area (Å²) in [6, 6.07) is 13.8. The SMILES string of the molecule is CCC(=O)C(C(=O)c1ccc(OC)cc1)c1ccc(OC)cc1. The number of ketones is 2. The van der Waals surface area contributed by atoms with Crippen molar-refractivity contribution in [3.8, 4) is 11.5 Å². The van der Waals surface area contributed by atoms with Crippen molar-refractivity contribution >= 4 is 11.6 Å². The number of carbonyl (C=O) groups excluding carboxylic acids is 2. The second-order valence-electron chi connectivity index (χ2n) is 5.12. The van der Waals surface area contributed by atoms with Crippen molar-refractivity contribution in [1.29, 1.82) is 0 Å². The topological polar surface area (TPSA) is 52.6 Å². The highest BCUT2D eigenvalue weighted by Gasteiger charge is 2.28. The average Bonchev–Trinajstić information content (AvgIpc) is 2.62. The molecule has 2 aromatic rings. The quantitative estimate of drug-likeness (QED) is 0.578. The minimum Gasteiger partial charge on any atom is -0.497 e. The van der Waals surface area contributed by atoms with Crippen molar-refractivity contribution in [3.05, 3.63) is 59.7 Å². The van der Waals surface area contributed by atoms with Crippen LogP contribution in [-0.4, -0.2) is 25.8 Å². The van der Waals surface area contributed by atoms with Crippen LogP contribution >= 0.6 is 0 Å². The van der Waals surface area contributed by atoms with Gasteiger partial charge in [-0.05, 0) is 42.0 Å². The van der Waals surface area contributed by atoms with Crippen LogP contribution in [0.25, 0.3) is 0 Å². The van der Waals surface area contributed by atoms with Crippen molar-refractivity contribution in [1.82, 2.24) is 0 Å². The predicted molar refractivity (Wildman–Crippen MR) is 88.4 cm³/mol. The molecule has 0 saturated heterocycles. The predicted octanol–water partition coefficient (Wildman–Crippen LogP) is 3.65. The molecule has 0 aromatic heterocycles. The zero-order valence-corrected chi connectivity index (χ0v) is 13.5. The number of rotatable bonds is 7. The molecule has 0 aliphatic heterocycles. The van der Waals surface area contributed by atoms with E-state index in [0.29, 0.717) is 29.0 Å². The Labute approximate surface area is 136 Å². The smallest absolute Gasteiger partial charge is 0.177 e. The van der Waals surface area contributed by atoms with E-state index in [1.54, 1.807) is 69.7 Å². The van der Waals surface area contributed by atoms with Gasteiger partial charge in [0, 0.05) is 12.0 Å². The summed E-state index contributed by atoms with van der Waals surface area (Å²) in [5, 5.41) is 0. The lowest BCUT2D eigenvalue weighted by atomic mass is 9.86. The molecular formula is C19H20O4. The highest BCUT2D eigenvalue weighted by molar-refractivity contribution is 6.14. The lowest BCUT2D eigenvalue weighted by molar-refractivity contribution is -0.119. The summed E-state index contributed by atoms with van der Waals surface area (Å²) in [7, 11) is 3.14. The monoisotopic (exact) mass is 312 g/mol. The normalized spacial score (nSPS) is 11.6. The van der Waals surface area contributed by atoms with E-state index in [1.165, 1.54) is 0 Å². The van der Waals surface area contributed by atoms with Crippen LogP contribution in [0.1, 0.15) is 35.2 Å². The fourth-order valence-electron chi connectivity index (χ4n) is 2.41. The van der Waals surface area contributed by atoms with Gasteiger partial charge in [0.2, 0.25) is 0 Å². The van der Waals surface area contributed by atoms with Crippen LogP contribution in [0.2, 0.25) is 0 Å². The Bertz CT molecular complexity index is 672. The number of hydrogen-bond acceptors (Lipinski definition) is 4. The standard InChI is InChI=1S/C19H20O4/c1-4-17(20)18(13-5-9-15(22-2)10-6-13)19(21)14-7-11-16(23-3)12-8-14/h5-12,18H,4H2,1-3H3. The molecular weight excluding hydrogens is 292 g/mol. The largest absolute Gasteiger partial charge is 0.497 e. The minimum absolute atomic E-state index is 0.101. The van der Waals surface area contributed by atoms with Crippen LogP contribution in [0, 0.1) is 0 Å². The fourth-order valence-corrected chi connectivity index (χ4v) is 2.41. The first-order valence-corrected chi connectivity index (χ1v) is 7.45. The molecule has 0 N–H and O–H groups in total. The van der Waals surface area contributed by atoms with Gasteiger partial charge in [-0.3, -0.25) is 9.59 Å². The zero-order chi connectivity index (χ0) is 16.8. The van der Waals surface area contributed by atoms with E-state index >= 15 is 0 Å². The molecule has 0 saturated carbocycles. The van der Waals surface area contributed by atoms with E-state index < -0.39 is 5.92 Å². The van der Waals surface area contributed by atoms with Gasteiger partial charge in [0.1, 0.15) is 23.2 Å². The molecule has 23 heavy (non-hydrogen) atoms. The van der Waals surface area contributed by atoms with Gasteiger partial charge in [-0.2, -0.15) is 0 Å². The van der Waals surface area contributed by atoms with E-state index in [2.05, 4.69) is 0 Å². The Morgan fingerprint density at radius 1 is 0.870 bits per heavy atom. The summed E-state index contributed by atoms with van der Waals surface area (Å²) < 4.78 is 10.2. The van der Waals surface area contributed by atoms with Crippen molar-refractivity contribution in [2.24, 2.45) is 0 Å². The zero-order valence-electron chi connectivity index (χ0n) is 13.5. The maximum atomic E-state index is 12.8. The highest BCUT2D eigenvalue weighted by Crippen LogP contribution is 2.26. The second-order valence-corrected chi connectivity index (χ2v) is 5.12. The molecule has 2 aromatic carbocycles. The van der Waals surface area contributed by atoms with Crippen molar-refractivity contribution in [3.63, 3.8) is 0 Å². The number of methoxy groups -OCH3 is 2. The van der Waals surface area contributed by atoms with Gasteiger partial charge in [0.15, 0.2) is 5.78 Å². The third-order valence-corrected chi connectivity index (χ3v) is 3.76. The first kappa shape index (κ1) is 16.7. The maximum Gasteiger partial charge on any atom is 0.177 e. The lowest BCUT2D eigenvalue weighted by Gasteiger charge is -2.15. The third-order valence-electron chi connectivity index (χ3n) is 3.76. The molecule has 4 nitrogen and oxygen atoms in total. The molecule has 0 radical (unpaired) electrons. The van der Waals surface area contributed by atoms with Crippen LogP contribution in [0.15, 0.2) is 48.5 Å². The molecule has 0 spiro atoms. The van der Waals surface area contributed by atoms with Gasteiger partial charge in [-0.15, -0.1) is 0 Å². The van der Waals surface area contributed by atoms with E-state index in [4.69, 9.17) is 9.47 Å². The Morgan fingerprint density at radius 2 is 1.35 bits per heavy atom. The summed E-state index contributed by atoms with van der Waals surface area (Å²) in [4.78, 5) is 25.1. The molecule has 2 rings (SSSR count). The molecule has 0 aliphatic rings. The van der Waals surface area contributed by atoms with E-state index in [-0.39, 0.29) is 11.6 Å². The molecule has 0 heterocycles. The van der Waals surface area contributed by atoms with Gasteiger partial charge < -0.3 is 9.47 Å². The van der Waals surface area contributed by atoms with Crippen LogP contribution < -0.4 is 9.47 Å². The first-order valence-electron chi connectivity index (χ1n) is 7.45. The second kappa shape index (κ2) is 7.58. The summed E-state index contributed by atoms with van der Waals surface area (Å²) in [6.45, 7) is 1.76.